The first-order valence-electron chi connectivity index (χ1n) is 34.2. The molecule has 6 rings (SSSR count). The van der Waals surface area contributed by atoms with Crippen LogP contribution in [0.2, 0.25) is 0 Å². The van der Waals surface area contributed by atoms with Crippen LogP contribution in [0.4, 0.5) is 0 Å². The third kappa shape index (κ3) is 26.5. The Kier molecular flexibility index (Phi) is 32.5. The topological polar surface area (TPSA) is 579 Å². The monoisotopic (exact) mass is 1500 g/mol. The van der Waals surface area contributed by atoms with Crippen molar-refractivity contribution in [3.8, 4) is 11.5 Å². The van der Waals surface area contributed by atoms with E-state index in [1.807, 2.05) is 0 Å². The standard InChI is InChI=1S/C68H94N18O17S2/c1-35(2)56-66(102)82-47(30-37-12-16-40(87)17-13-37)62(98)78-44(10-6-27-75-68(72)73)59(95)74-28-25-53(90)77-45(20-22-52(70)89)60(96)80-49(32-39-33-76-43-9-5-4-8-42(39)43)63(99)79-46(21-23-55(92)93)61(97)83-50(58(71)94)34-104-105-36(3)57(67(103)84-56)85-64(100)48(31-38-14-18-41(88)19-15-38)81-65(101)51-11-7-29-86(51)54(91)24-26-69/h4-5,8-9,12-19,33,35-36,44-51,56-57,76,87-88H,6-7,10-11,20-32,34,69H2,1-3H3,(H2,70,89)(H2,71,94)(H,74,95)(H,77,90)(H,78,98)(H,79,99)(H,80,96)(H,81,101)(H,82,102)(H,83,97)(H,84,103)(H,85,100)(H,92,93)(H4,72,73,75)/t36?,44-,45-,46-,47-,48-,49-,50+,51-,56-,57-/m0/s1. The number of guanidine groups is 1. The molecule has 24 N–H and O–H groups in total. The summed E-state index contributed by atoms with van der Waals surface area (Å²) >= 11 is 0. The molecule has 3 aromatic carbocycles. The number of carbonyl (C=O) groups is 14. The Hall–Kier alpha value is -10.7. The van der Waals surface area contributed by atoms with Gasteiger partial charge >= 0.3 is 5.97 Å². The first-order chi connectivity index (χ1) is 49.9. The van der Waals surface area contributed by atoms with Crippen LogP contribution in [0.3, 0.4) is 0 Å². The average molecular weight is 1500 g/mol. The fourth-order valence-electron chi connectivity index (χ4n) is 11.6. The summed E-state index contributed by atoms with van der Waals surface area (Å²) in [6.07, 6.45) is -1.43. The summed E-state index contributed by atoms with van der Waals surface area (Å²) < 4.78 is 0. The molecule has 0 bridgehead atoms. The molecule has 0 aliphatic carbocycles. The molecule has 37 heteroatoms. The predicted molar refractivity (Wildman–Crippen MR) is 387 cm³/mol. The van der Waals surface area contributed by atoms with E-state index in [-0.39, 0.29) is 76.1 Å². The number of para-hydroxylation sites is 1. The van der Waals surface area contributed by atoms with Gasteiger partial charge in [-0.15, -0.1) is 0 Å². The quantitative estimate of drug-likeness (QED) is 0.0145. The van der Waals surface area contributed by atoms with E-state index in [0.29, 0.717) is 34.0 Å². The minimum absolute atomic E-state index is 0.00447. The molecule has 2 saturated heterocycles. The van der Waals surface area contributed by atoms with E-state index >= 15 is 9.59 Å². The number of aromatic amines is 1. The molecule has 3 heterocycles. The second kappa shape index (κ2) is 41.0. The first-order valence-corrected chi connectivity index (χ1v) is 36.6. The number of aromatic hydroxyl groups is 2. The lowest BCUT2D eigenvalue weighted by atomic mass is 9.99. The molecule has 13 amide bonds. The molecular formula is C68H94N18O17S2. The molecule has 105 heavy (non-hydrogen) atoms. The third-order valence-electron chi connectivity index (χ3n) is 17.3. The summed E-state index contributed by atoms with van der Waals surface area (Å²) in [6, 6.07) is 2.85. The third-order valence-corrected chi connectivity index (χ3v) is 20.2. The summed E-state index contributed by atoms with van der Waals surface area (Å²) in [5.74, 6) is -15.2. The van der Waals surface area contributed by atoms with Gasteiger partial charge in [-0.1, -0.05) is 77.9 Å². The number of rotatable bonds is 24. The Morgan fingerprint density at radius 3 is 1.90 bits per heavy atom. The largest absolute Gasteiger partial charge is 0.508 e. The van der Waals surface area contributed by atoms with E-state index in [1.165, 1.54) is 60.4 Å². The van der Waals surface area contributed by atoms with Gasteiger partial charge in [0, 0.05) is 99.2 Å². The Morgan fingerprint density at radius 2 is 1.28 bits per heavy atom. The van der Waals surface area contributed by atoms with Gasteiger partial charge in [-0.3, -0.25) is 72.5 Å². The number of phenolic OH excluding ortho intramolecular Hbond substituents is 2. The normalized spacial score (nSPS) is 22.8. The lowest BCUT2D eigenvalue weighted by Gasteiger charge is -2.31. The van der Waals surface area contributed by atoms with Crippen LogP contribution in [0.25, 0.3) is 10.9 Å². The molecule has 2 fully saturated rings. The van der Waals surface area contributed by atoms with Crippen molar-refractivity contribution in [2.24, 2.45) is 28.9 Å². The maximum atomic E-state index is 15.2. The van der Waals surface area contributed by atoms with E-state index in [0.717, 1.165) is 21.6 Å². The van der Waals surface area contributed by atoms with Crippen LogP contribution in [0.5, 0.6) is 11.5 Å². The highest BCUT2D eigenvalue weighted by molar-refractivity contribution is 8.77. The second-order valence-corrected chi connectivity index (χ2v) is 28.5. The van der Waals surface area contributed by atoms with Gasteiger partial charge in [0.15, 0.2) is 5.96 Å². The van der Waals surface area contributed by atoms with Crippen LogP contribution < -0.4 is 81.4 Å². The molecule has 4 aromatic rings. The summed E-state index contributed by atoms with van der Waals surface area (Å²) in [7, 11) is 1.72. The van der Waals surface area contributed by atoms with E-state index in [4.69, 9.17) is 28.3 Å². The second-order valence-electron chi connectivity index (χ2n) is 25.7. The number of primary amides is 2. The molecule has 2 aliphatic rings. The zero-order chi connectivity index (χ0) is 77.0. The number of nitrogens with one attached hydrogen (secondary N) is 13. The van der Waals surface area contributed by atoms with Gasteiger partial charge in [-0.25, -0.2) is 0 Å². The number of nitrogens with two attached hydrogens (primary N) is 4. The van der Waals surface area contributed by atoms with Gasteiger partial charge in [0.1, 0.15) is 71.9 Å². The van der Waals surface area contributed by atoms with Crippen LogP contribution >= 0.6 is 21.6 Å². The zero-order valence-corrected chi connectivity index (χ0v) is 59.9. The number of aromatic nitrogens is 1. The van der Waals surface area contributed by atoms with Gasteiger partial charge in [0.05, 0.1) is 0 Å². The average Bonchev–Trinajstić information content (AvgIpc) is 1.82. The smallest absolute Gasteiger partial charge is 0.303 e. The number of benzene rings is 3. The van der Waals surface area contributed by atoms with Crippen molar-refractivity contribution in [3.63, 3.8) is 0 Å². The van der Waals surface area contributed by atoms with Crippen LogP contribution in [-0.2, 0) is 86.4 Å². The minimum atomic E-state index is -1.75. The molecule has 1 aromatic heterocycles. The summed E-state index contributed by atoms with van der Waals surface area (Å²) in [5, 5.41) is 66.2. The SMILES string of the molecule is CC(C)[C@@H]1NC(=O)[C@@H](NC(=O)[C@H](Cc2ccc(O)cc2)NC(=O)[C@@H]2CCCN2C(=O)CCN)C(C)SSC[C@H](C(N)=O)NC(=O)[C@H](CCC(=O)O)NC(=O)[C@H](Cc2c[nH]c3ccccc23)NC(=O)[C@H](CCC(N)=O)NC(=O)CCNC(=O)[C@H](CCCNC(=N)N)NC(=O)[C@H](Cc2ccc(O)cc2)NC1=O. The lowest BCUT2D eigenvalue weighted by Crippen LogP contribution is -2.62. The molecule has 0 saturated carbocycles. The van der Waals surface area contributed by atoms with Crippen molar-refractivity contribution in [2.45, 2.75) is 170 Å². The predicted octanol–water partition coefficient (Wildman–Crippen LogP) is -2.87. The van der Waals surface area contributed by atoms with Crippen molar-refractivity contribution >= 4 is 121 Å². The van der Waals surface area contributed by atoms with Crippen LogP contribution in [0, 0.1) is 11.3 Å². The minimum Gasteiger partial charge on any atom is -0.508 e. The van der Waals surface area contributed by atoms with Crippen molar-refractivity contribution in [2.75, 3.05) is 31.9 Å². The molecule has 35 nitrogen and oxygen atoms in total. The Bertz CT molecular complexity index is 3770. The number of hydrogen-bond acceptors (Lipinski definition) is 20. The summed E-state index contributed by atoms with van der Waals surface area (Å²) in [5.41, 5.74) is 24.5. The van der Waals surface area contributed by atoms with Crippen LogP contribution in [-0.4, -0.2) is 212 Å². The maximum absolute atomic E-state index is 15.2. The van der Waals surface area contributed by atoms with Gasteiger partial charge in [0.2, 0.25) is 76.8 Å². The van der Waals surface area contributed by atoms with E-state index < -0.39 is 205 Å². The van der Waals surface area contributed by atoms with E-state index in [1.54, 1.807) is 44.3 Å². The van der Waals surface area contributed by atoms with Gasteiger partial charge in [-0.05, 0) is 98.4 Å². The number of fused-ring (bicyclic) bond motifs is 1. The lowest BCUT2D eigenvalue weighted by molar-refractivity contribution is -0.139. The molecular weight excluding hydrogens is 1400 g/mol. The molecule has 0 radical (unpaired) electrons. The van der Waals surface area contributed by atoms with E-state index in [2.05, 4.69) is 63.5 Å². The van der Waals surface area contributed by atoms with Crippen molar-refractivity contribution in [3.05, 3.63) is 95.7 Å². The maximum Gasteiger partial charge on any atom is 0.303 e. The fourth-order valence-corrected chi connectivity index (χ4v) is 14.2. The zero-order valence-electron chi connectivity index (χ0n) is 58.3. The number of likely N-dealkylation sites (tertiary alicyclic amines) is 1. The van der Waals surface area contributed by atoms with Gasteiger partial charge in [0.25, 0.3) is 0 Å². The van der Waals surface area contributed by atoms with Crippen LogP contribution in [0.15, 0.2) is 79.0 Å². The number of phenols is 2. The number of H-pyrrole nitrogens is 1. The molecule has 0 spiro atoms. The molecule has 11 atom stereocenters. The number of carboxylic acids is 1. The molecule has 1 unspecified atom stereocenters. The number of carbonyl (C=O) groups excluding carboxylic acids is 13. The number of hydrogen-bond donors (Lipinski definition) is 20. The number of amides is 13. The first kappa shape index (κ1) is 83.3. The fraction of sp³-hybridized carbons (Fsp3) is 0.485. The number of nitrogens with zero attached hydrogens (tertiary/aromatic N) is 1. The van der Waals surface area contributed by atoms with E-state index in [9.17, 15) is 72.9 Å². The highest BCUT2D eigenvalue weighted by atomic mass is 33.1. The number of carboxylic acid groups (broad SMARTS) is 1. The summed E-state index contributed by atoms with van der Waals surface area (Å²) in [4.78, 5) is 201. The Balaban J connectivity index is 1.43. The van der Waals surface area contributed by atoms with Crippen LogP contribution in [0.1, 0.15) is 102 Å². The van der Waals surface area contributed by atoms with Gasteiger partial charge < -0.3 is 107 Å². The Morgan fingerprint density at radius 1 is 0.686 bits per heavy atom. The molecule has 2 aliphatic heterocycles. The Labute approximate surface area is 612 Å². The molecule has 570 valence electrons. The van der Waals surface area contributed by atoms with Crippen molar-refractivity contribution < 1.29 is 82.4 Å². The number of aliphatic carboxylic acids is 1. The van der Waals surface area contributed by atoms with Crippen molar-refractivity contribution in [1.29, 1.82) is 5.41 Å². The highest BCUT2D eigenvalue weighted by Crippen LogP contribution is 2.30. The summed E-state index contributed by atoms with van der Waals surface area (Å²) in [6.45, 7) is 4.44. The highest BCUT2D eigenvalue weighted by Gasteiger charge is 2.40. The van der Waals surface area contributed by atoms with Crippen molar-refractivity contribution in [1.82, 2.24) is 68.4 Å². The van der Waals surface area contributed by atoms with Gasteiger partial charge in [-0.2, -0.15) is 0 Å².